The number of rotatable bonds is 6. The minimum Gasteiger partial charge on any atom is -0.488 e. The predicted octanol–water partition coefficient (Wildman–Crippen LogP) is 4.75. The monoisotopic (exact) mass is 462 g/mol. The van der Waals surface area contributed by atoms with Crippen molar-refractivity contribution >= 4 is 33.7 Å². The minimum absolute atomic E-state index is 0.336. The van der Waals surface area contributed by atoms with Gasteiger partial charge in [0.05, 0.1) is 11.9 Å². The molecule has 2 heterocycles. The van der Waals surface area contributed by atoms with Crippen molar-refractivity contribution in [1.29, 1.82) is 0 Å². The summed E-state index contributed by atoms with van der Waals surface area (Å²) in [7, 11) is 0. The number of aromatic nitrogens is 2. The van der Waals surface area contributed by atoms with Gasteiger partial charge in [-0.15, -0.1) is 0 Å². The average Bonchev–Trinajstić information content (AvgIpc) is 3.08. The Morgan fingerprint density at radius 2 is 1.90 bits per heavy atom. The summed E-state index contributed by atoms with van der Waals surface area (Å²) in [6, 6.07) is 21.2. The van der Waals surface area contributed by atoms with Crippen LogP contribution in [0.3, 0.4) is 0 Å². The first-order valence-corrected chi connectivity index (χ1v) is 10.1. The third-order valence-electron chi connectivity index (χ3n) is 4.50. The largest absolute Gasteiger partial charge is 0.488 e. The van der Waals surface area contributed by atoms with E-state index in [1.54, 1.807) is 23.7 Å². The van der Waals surface area contributed by atoms with Crippen LogP contribution in [0.4, 0.5) is 0 Å². The van der Waals surface area contributed by atoms with Crippen molar-refractivity contribution in [3.05, 3.63) is 99.9 Å². The first kappa shape index (κ1) is 19.8. The lowest BCUT2D eigenvalue weighted by Gasteiger charge is -2.09. The molecule has 0 aliphatic carbocycles. The number of fused-ring (bicyclic) bond motifs is 1. The van der Waals surface area contributed by atoms with Crippen LogP contribution in [0.25, 0.3) is 5.65 Å². The van der Waals surface area contributed by atoms with Crippen LogP contribution in [-0.4, -0.2) is 21.5 Å². The number of benzene rings is 2. The number of amides is 1. The number of hydrogen-bond acceptors (Lipinski definition) is 4. The summed E-state index contributed by atoms with van der Waals surface area (Å²) in [6.45, 7) is 2.25. The number of halogens is 1. The number of nitrogens with one attached hydrogen (secondary N) is 1. The smallest absolute Gasteiger partial charge is 0.290 e. The van der Waals surface area contributed by atoms with Gasteiger partial charge in [0.15, 0.2) is 0 Å². The summed E-state index contributed by atoms with van der Waals surface area (Å²) < 4.78 is 8.51. The Morgan fingerprint density at radius 1 is 1.13 bits per heavy atom. The molecular weight excluding hydrogens is 444 g/mol. The Labute approximate surface area is 182 Å². The van der Waals surface area contributed by atoms with E-state index >= 15 is 0 Å². The lowest BCUT2D eigenvalue weighted by atomic mass is 10.2. The lowest BCUT2D eigenvalue weighted by molar-refractivity contribution is 0.0948. The van der Waals surface area contributed by atoms with E-state index in [1.165, 1.54) is 0 Å². The van der Waals surface area contributed by atoms with Gasteiger partial charge in [0.2, 0.25) is 0 Å². The van der Waals surface area contributed by atoms with E-state index in [1.807, 2.05) is 66.7 Å². The molecule has 4 rings (SSSR count). The van der Waals surface area contributed by atoms with E-state index in [9.17, 15) is 4.79 Å². The van der Waals surface area contributed by atoms with Crippen molar-refractivity contribution in [2.24, 2.45) is 5.10 Å². The van der Waals surface area contributed by atoms with E-state index in [-0.39, 0.29) is 5.91 Å². The summed E-state index contributed by atoms with van der Waals surface area (Å²) in [6.07, 6.45) is 3.38. The summed E-state index contributed by atoms with van der Waals surface area (Å²) >= 11 is 3.42. The Hall–Kier alpha value is -3.45. The molecule has 0 aliphatic rings. The highest BCUT2D eigenvalue weighted by Crippen LogP contribution is 2.18. The van der Waals surface area contributed by atoms with Crippen molar-refractivity contribution in [3.8, 4) is 5.75 Å². The molecule has 0 aliphatic heterocycles. The number of carbonyl (C=O) groups excluding carboxylic acids is 1. The third-order valence-corrected chi connectivity index (χ3v) is 4.97. The zero-order chi connectivity index (χ0) is 20.9. The zero-order valence-electron chi connectivity index (χ0n) is 16.2. The second-order valence-corrected chi connectivity index (χ2v) is 7.55. The van der Waals surface area contributed by atoms with E-state index in [4.69, 9.17) is 4.74 Å². The fourth-order valence-corrected chi connectivity index (χ4v) is 3.41. The highest BCUT2D eigenvalue weighted by Gasteiger charge is 2.16. The molecule has 0 radical (unpaired) electrons. The molecule has 0 saturated heterocycles. The van der Waals surface area contributed by atoms with Crippen LogP contribution in [0, 0.1) is 6.92 Å². The topological polar surface area (TPSA) is 68.0 Å². The van der Waals surface area contributed by atoms with Crippen molar-refractivity contribution in [2.75, 3.05) is 0 Å². The summed E-state index contributed by atoms with van der Waals surface area (Å²) in [4.78, 5) is 17.1. The second kappa shape index (κ2) is 8.92. The fraction of sp³-hybridized carbons (Fsp3) is 0.0870. The van der Waals surface area contributed by atoms with Crippen molar-refractivity contribution in [2.45, 2.75) is 13.5 Å². The van der Waals surface area contributed by atoms with Gasteiger partial charge >= 0.3 is 0 Å². The van der Waals surface area contributed by atoms with Crippen molar-refractivity contribution < 1.29 is 9.53 Å². The molecule has 0 unspecified atom stereocenters. The molecule has 0 bridgehead atoms. The maximum atomic E-state index is 12.7. The average molecular weight is 463 g/mol. The molecule has 7 heteroatoms. The molecular formula is C23H19BrN4O2. The van der Waals surface area contributed by atoms with E-state index in [0.717, 1.165) is 15.6 Å². The van der Waals surface area contributed by atoms with Gasteiger partial charge in [-0.25, -0.2) is 10.4 Å². The summed E-state index contributed by atoms with van der Waals surface area (Å²) in [5, 5.41) is 4.13. The molecule has 30 heavy (non-hydrogen) atoms. The number of para-hydroxylation sites is 1. The van der Waals surface area contributed by atoms with E-state index in [0.29, 0.717) is 29.4 Å². The van der Waals surface area contributed by atoms with Crippen LogP contribution >= 0.6 is 15.9 Å². The van der Waals surface area contributed by atoms with Gasteiger partial charge < -0.3 is 4.74 Å². The van der Waals surface area contributed by atoms with Crippen LogP contribution in [0.15, 0.2) is 82.5 Å². The molecule has 0 atom stereocenters. The van der Waals surface area contributed by atoms with Crippen LogP contribution in [-0.2, 0) is 6.61 Å². The molecule has 0 spiro atoms. The number of pyridine rings is 1. The summed E-state index contributed by atoms with van der Waals surface area (Å²) in [5.74, 6) is 0.353. The number of aryl methyl sites for hydroxylation is 1. The normalized spacial score (nSPS) is 11.1. The SMILES string of the molecule is Cc1nc2ccc(Br)cn2c1C(=O)N/N=C\c1ccccc1OCc1ccccc1. The first-order chi connectivity index (χ1) is 14.6. The van der Waals surface area contributed by atoms with Gasteiger partial charge in [-0.3, -0.25) is 9.20 Å². The molecule has 150 valence electrons. The number of imidazole rings is 1. The Bertz CT molecular complexity index is 1220. The Balaban J connectivity index is 1.48. The van der Waals surface area contributed by atoms with Crippen LogP contribution < -0.4 is 10.2 Å². The maximum Gasteiger partial charge on any atom is 0.290 e. The fourth-order valence-electron chi connectivity index (χ4n) is 3.08. The van der Waals surface area contributed by atoms with Crippen molar-refractivity contribution in [3.63, 3.8) is 0 Å². The Kier molecular flexibility index (Phi) is 5.90. The minimum atomic E-state index is -0.336. The highest BCUT2D eigenvalue weighted by atomic mass is 79.9. The number of hydrogen-bond donors (Lipinski definition) is 1. The first-order valence-electron chi connectivity index (χ1n) is 9.35. The molecule has 0 fully saturated rings. The number of nitrogens with zero attached hydrogens (tertiary/aromatic N) is 3. The zero-order valence-corrected chi connectivity index (χ0v) is 17.8. The number of ether oxygens (including phenoxy) is 1. The number of hydrazone groups is 1. The van der Waals surface area contributed by atoms with Gasteiger partial charge in [0, 0.05) is 16.2 Å². The molecule has 0 saturated carbocycles. The maximum absolute atomic E-state index is 12.7. The molecule has 2 aromatic carbocycles. The third kappa shape index (κ3) is 4.41. The van der Waals surface area contributed by atoms with E-state index < -0.39 is 0 Å². The van der Waals surface area contributed by atoms with Crippen molar-refractivity contribution in [1.82, 2.24) is 14.8 Å². The lowest BCUT2D eigenvalue weighted by Crippen LogP contribution is -2.20. The van der Waals surface area contributed by atoms with Crippen LogP contribution in [0.2, 0.25) is 0 Å². The Morgan fingerprint density at radius 3 is 2.73 bits per heavy atom. The quantitative estimate of drug-likeness (QED) is 0.332. The molecule has 6 nitrogen and oxygen atoms in total. The van der Waals surface area contributed by atoms with Gasteiger partial charge in [0.1, 0.15) is 23.7 Å². The molecule has 4 aromatic rings. The van der Waals surface area contributed by atoms with Crippen LogP contribution in [0.5, 0.6) is 5.75 Å². The van der Waals surface area contributed by atoms with E-state index in [2.05, 4.69) is 31.4 Å². The molecule has 1 amide bonds. The highest BCUT2D eigenvalue weighted by molar-refractivity contribution is 9.10. The summed E-state index contributed by atoms with van der Waals surface area (Å²) in [5.41, 5.74) is 6.20. The number of carbonyl (C=O) groups is 1. The molecule has 1 N–H and O–H groups in total. The van der Waals surface area contributed by atoms with Crippen LogP contribution in [0.1, 0.15) is 27.3 Å². The van der Waals surface area contributed by atoms with Gasteiger partial charge in [-0.2, -0.15) is 5.10 Å². The van der Waals surface area contributed by atoms with Gasteiger partial charge in [0.25, 0.3) is 5.91 Å². The van der Waals surface area contributed by atoms with Gasteiger partial charge in [-0.05, 0) is 52.7 Å². The second-order valence-electron chi connectivity index (χ2n) is 6.63. The standard InChI is InChI=1S/C23H19BrN4O2/c1-16-22(28-14-19(24)11-12-21(28)26-16)23(29)27-25-13-18-9-5-6-10-20(18)30-15-17-7-3-2-4-8-17/h2-14H,15H2,1H3,(H,27,29)/b25-13-. The molecule has 2 aromatic heterocycles. The predicted molar refractivity (Wildman–Crippen MR) is 120 cm³/mol. The van der Waals surface area contributed by atoms with Gasteiger partial charge in [-0.1, -0.05) is 42.5 Å².